The zero-order valence-electron chi connectivity index (χ0n) is 9.68. The maximum atomic E-state index is 11.9. The summed E-state index contributed by atoms with van der Waals surface area (Å²) in [5.41, 5.74) is -0.946. The van der Waals surface area contributed by atoms with Gasteiger partial charge in [0.15, 0.2) is 0 Å². The molecule has 3 nitrogen and oxygen atoms in total. The molecule has 0 aromatic heterocycles. The highest BCUT2D eigenvalue weighted by Gasteiger charge is 2.35. The number of carbonyl (C=O) groups is 2. The molecule has 14 heavy (non-hydrogen) atoms. The average Bonchev–Trinajstić information content (AvgIpc) is 1.98. The quantitative estimate of drug-likeness (QED) is 0.758. The van der Waals surface area contributed by atoms with Crippen LogP contribution in [0.15, 0.2) is 0 Å². The van der Waals surface area contributed by atoms with Crippen LogP contribution in [0.5, 0.6) is 0 Å². The van der Waals surface area contributed by atoms with Crippen LogP contribution in [-0.2, 0) is 9.59 Å². The number of carbonyl (C=O) groups excluding carboxylic acids is 1. The monoisotopic (exact) mass is 200 g/mol. The predicted octanol–water partition coefficient (Wildman–Crippen LogP) is 2.49. The highest BCUT2D eigenvalue weighted by Crippen LogP contribution is 2.32. The standard InChI is InChI=1S/C11H20O3/c1-10(2,3)9(14)11(4,5)7-6-8(12)13/h6-7H2,1-5H3,(H,12,13). The zero-order chi connectivity index (χ0) is 11.6. The molecule has 3 heteroatoms. The summed E-state index contributed by atoms with van der Waals surface area (Å²) in [6.45, 7) is 9.20. The van der Waals surface area contributed by atoms with E-state index in [0.29, 0.717) is 6.42 Å². The summed E-state index contributed by atoms with van der Waals surface area (Å²) in [6, 6.07) is 0. The minimum Gasteiger partial charge on any atom is -0.481 e. The normalized spacial score (nSPS) is 12.6. The first-order chi connectivity index (χ1) is 6.07. The molecule has 82 valence electrons. The van der Waals surface area contributed by atoms with Crippen LogP contribution in [-0.4, -0.2) is 16.9 Å². The number of carboxylic acids is 1. The molecule has 0 aliphatic rings. The Morgan fingerprint density at radius 1 is 1.07 bits per heavy atom. The third-order valence-electron chi connectivity index (χ3n) is 2.26. The molecule has 1 N–H and O–H groups in total. The van der Waals surface area contributed by atoms with E-state index in [-0.39, 0.29) is 12.2 Å². The molecule has 0 amide bonds. The molecule has 0 aromatic rings. The molecule has 0 rings (SSSR count). The second-order valence-electron chi connectivity index (χ2n) is 5.36. The Labute approximate surface area is 85.5 Å². The SMILES string of the molecule is CC(C)(C)C(=O)C(C)(C)CCC(=O)O. The number of rotatable bonds is 4. The lowest BCUT2D eigenvalue weighted by molar-refractivity contribution is -0.139. The lowest BCUT2D eigenvalue weighted by atomic mass is 9.72. The fraction of sp³-hybridized carbons (Fsp3) is 0.818. The largest absolute Gasteiger partial charge is 0.481 e. The first-order valence-electron chi connectivity index (χ1n) is 4.84. The third-order valence-corrected chi connectivity index (χ3v) is 2.26. The van der Waals surface area contributed by atoms with Gasteiger partial charge < -0.3 is 5.11 Å². The van der Waals surface area contributed by atoms with Crippen molar-refractivity contribution < 1.29 is 14.7 Å². The number of hydrogen-bond donors (Lipinski definition) is 1. The molecule has 0 saturated carbocycles. The lowest BCUT2D eigenvalue weighted by Crippen LogP contribution is -2.35. The molecule has 0 radical (unpaired) electrons. The van der Waals surface area contributed by atoms with Crippen LogP contribution >= 0.6 is 0 Å². The minimum absolute atomic E-state index is 0.0504. The number of hydrogen-bond acceptors (Lipinski definition) is 2. The van der Waals surface area contributed by atoms with Crippen molar-refractivity contribution in [3.63, 3.8) is 0 Å². The van der Waals surface area contributed by atoms with Crippen molar-refractivity contribution in [1.29, 1.82) is 0 Å². The summed E-state index contributed by atoms with van der Waals surface area (Å²) in [7, 11) is 0. The molecule has 0 fully saturated rings. The molecule has 0 heterocycles. The Balaban J connectivity index is 4.46. The molecule has 0 aromatic carbocycles. The van der Waals surface area contributed by atoms with Gasteiger partial charge in [0.25, 0.3) is 0 Å². The van der Waals surface area contributed by atoms with Gasteiger partial charge in [-0.2, -0.15) is 0 Å². The Morgan fingerprint density at radius 2 is 1.50 bits per heavy atom. The van der Waals surface area contributed by atoms with Gasteiger partial charge in [0.1, 0.15) is 5.78 Å². The van der Waals surface area contributed by atoms with Crippen LogP contribution in [0.4, 0.5) is 0 Å². The van der Waals surface area contributed by atoms with E-state index in [0.717, 1.165) is 0 Å². The topological polar surface area (TPSA) is 54.4 Å². The van der Waals surface area contributed by atoms with E-state index in [1.54, 1.807) is 0 Å². The fourth-order valence-corrected chi connectivity index (χ4v) is 1.55. The van der Waals surface area contributed by atoms with E-state index >= 15 is 0 Å². The Hall–Kier alpha value is -0.860. The van der Waals surface area contributed by atoms with Crippen LogP contribution in [0, 0.1) is 10.8 Å². The van der Waals surface area contributed by atoms with E-state index < -0.39 is 16.8 Å². The molecular formula is C11H20O3. The van der Waals surface area contributed by atoms with Gasteiger partial charge in [-0.05, 0) is 6.42 Å². The molecular weight excluding hydrogens is 180 g/mol. The van der Waals surface area contributed by atoms with Crippen LogP contribution in [0.25, 0.3) is 0 Å². The highest BCUT2D eigenvalue weighted by molar-refractivity contribution is 5.89. The first kappa shape index (κ1) is 13.1. The molecule has 0 spiro atoms. The number of carboxylic acid groups (broad SMARTS) is 1. The van der Waals surface area contributed by atoms with E-state index in [2.05, 4.69) is 0 Å². The van der Waals surface area contributed by atoms with Crippen molar-refractivity contribution in [3.8, 4) is 0 Å². The van der Waals surface area contributed by atoms with Crippen LogP contribution in [0.3, 0.4) is 0 Å². The minimum atomic E-state index is -0.847. The molecule has 0 unspecified atom stereocenters. The summed E-state index contributed by atoms with van der Waals surface area (Å²) < 4.78 is 0. The molecule has 0 bridgehead atoms. The van der Waals surface area contributed by atoms with Gasteiger partial charge >= 0.3 is 5.97 Å². The summed E-state index contributed by atoms with van der Waals surface area (Å²) in [4.78, 5) is 22.3. The Kier molecular flexibility index (Phi) is 3.86. The average molecular weight is 200 g/mol. The van der Waals surface area contributed by atoms with Crippen LogP contribution in [0.1, 0.15) is 47.5 Å². The van der Waals surface area contributed by atoms with Gasteiger partial charge in [0.2, 0.25) is 0 Å². The van der Waals surface area contributed by atoms with Crippen molar-refractivity contribution in [2.24, 2.45) is 10.8 Å². The fourth-order valence-electron chi connectivity index (χ4n) is 1.55. The van der Waals surface area contributed by atoms with Crippen molar-refractivity contribution >= 4 is 11.8 Å². The van der Waals surface area contributed by atoms with Gasteiger partial charge in [-0.3, -0.25) is 9.59 Å². The van der Waals surface area contributed by atoms with Gasteiger partial charge in [-0.15, -0.1) is 0 Å². The van der Waals surface area contributed by atoms with E-state index in [9.17, 15) is 9.59 Å². The van der Waals surface area contributed by atoms with Crippen LogP contribution < -0.4 is 0 Å². The molecule has 0 aliphatic carbocycles. The van der Waals surface area contributed by atoms with Crippen molar-refractivity contribution in [3.05, 3.63) is 0 Å². The van der Waals surface area contributed by atoms with Gasteiger partial charge in [-0.25, -0.2) is 0 Å². The summed E-state index contributed by atoms with van der Waals surface area (Å²) in [5, 5.41) is 8.55. The number of Topliss-reactive ketones (excluding diaryl/α,β-unsaturated/α-hetero) is 1. The maximum Gasteiger partial charge on any atom is 0.303 e. The Bertz CT molecular complexity index is 233. The van der Waals surface area contributed by atoms with Crippen molar-refractivity contribution in [2.75, 3.05) is 0 Å². The predicted molar refractivity (Wildman–Crippen MR) is 55.1 cm³/mol. The van der Waals surface area contributed by atoms with Gasteiger partial charge in [0, 0.05) is 17.3 Å². The molecule has 0 atom stereocenters. The smallest absolute Gasteiger partial charge is 0.303 e. The number of aliphatic carboxylic acids is 1. The third kappa shape index (κ3) is 3.90. The first-order valence-corrected chi connectivity index (χ1v) is 4.84. The second kappa shape index (κ2) is 4.11. The Morgan fingerprint density at radius 3 is 1.79 bits per heavy atom. The summed E-state index contributed by atoms with van der Waals surface area (Å²) >= 11 is 0. The van der Waals surface area contributed by atoms with E-state index in [1.165, 1.54) is 0 Å². The molecule has 0 aliphatic heterocycles. The van der Waals surface area contributed by atoms with Crippen molar-refractivity contribution in [1.82, 2.24) is 0 Å². The lowest BCUT2D eigenvalue weighted by Gasteiger charge is -2.30. The molecule has 0 saturated heterocycles. The van der Waals surface area contributed by atoms with Crippen LogP contribution in [0.2, 0.25) is 0 Å². The zero-order valence-corrected chi connectivity index (χ0v) is 9.68. The maximum absolute atomic E-state index is 11.9. The van der Waals surface area contributed by atoms with E-state index in [4.69, 9.17) is 5.11 Å². The van der Waals surface area contributed by atoms with Gasteiger partial charge in [0.05, 0.1) is 0 Å². The van der Waals surface area contributed by atoms with Crippen molar-refractivity contribution in [2.45, 2.75) is 47.5 Å². The van der Waals surface area contributed by atoms with Gasteiger partial charge in [-0.1, -0.05) is 34.6 Å². The summed E-state index contributed by atoms with van der Waals surface area (Å²) in [6.07, 6.45) is 0.452. The number of ketones is 1. The second-order valence-corrected chi connectivity index (χ2v) is 5.36. The van der Waals surface area contributed by atoms with E-state index in [1.807, 2.05) is 34.6 Å². The summed E-state index contributed by atoms with van der Waals surface area (Å²) in [5.74, 6) is -0.731. The highest BCUT2D eigenvalue weighted by atomic mass is 16.4.